The number of phenolic OH excluding ortho intramolecular Hbond substituents is 1. The lowest BCUT2D eigenvalue weighted by Crippen LogP contribution is -2.41. The number of rotatable bonds is 4. The molecule has 6 nitrogen and oxygen atoms in total. The normalized spacial score (nSPS) is 21.6. The molecule has 0 saturated heterocycles. The molecule has 0 unspecified atom stereocenters. The molecular weight excluding hydrogens is 361 g/mol. The predicted molar refractivity (Wildman–Crippen MR) is 85.8 cm³/mol. The Balaban J connectivity index is 2.11. The largest absolute Gasteiger partial charge is 0.507 e. The fourth-order valence-electron chi connectivity index (χ4n) is 2.88. The minimum Gasteiger partial charge on any atom is -0.507 e. The van der Waals surface area contributed by atoms with E-state index in [9.17, 15) is 31.5 Å². The zero-order valence-electron chi connectivity index (χ0n) is 13.4. The van der Waals surface area contributed by atoms with Gasteiger partial charge in [-0.3, -0.25) is 9.52 Å². The van der Waals surface area contributed by atoms with Crippen LogP contribution in [-0.4, -0.2) is 37.9 Å². The number of alkyl halides is 3. The molecule has 0 radical (unpaired) electrons. The van der Waals surface area contributed by atoms with Gasteiger partial charge in [0.05, 0.1) is 17.7 Å². The van der Waals surface area contributed by atoms with E-state index >= 15 is 0 Å². The van der Waals surface area contributed by atoms with E-state index in [0.717, 1.165) is 18.4 Å². The third-order valence-corrected chi connectivity index (χ3v) is 4.62. The van der Waals surface area contributed by atoms with Crippen LogP contribution in [0, 0.1) is 5.92 Å². The standard InChI is InChI=1S/C15H19F3N2O4S/c1-25(23,24)20-11-5-6-13(21)12(8-11)14(22)19-10-4-2-3-9(7-10)15(16,17)18/h5-6,8-10,20-21H,2-4,7H2,1H3,(H,19,22)/t9-,10+/m1/s1. The molecule has 1 aliphatic carbocycles. The summed E-state index contributed by atoms with van der Waals surface area (Å²) in [6.07, 6.45) is -2.78. The van der Waals surface area contributed by atoms with Gasteiger partial charge in [0.1, 0.15) is 5.75 Å². The highest BCUT2D eigenvalue weighted by molar-refractivity contribution is 7.92. The van der Waals surface area contributed by atoms with Crippen LogP contribution < -0.4 is 10.0 Å². The molecule has 1 amide bonds. The number of benzene rings is 1. The Morgan fingerprint density at radius 2 is 1.96 bits per heavy atom. The Kier molecular flexibility index (Phi) is 5.50. The van der Waals surface area contributed by atoms with Crippen LogP contribution in [0.3, 0.4) is 0 Å². The molecule has 3 N–H and O–H groups in total. The fraction of sp³-hybridized carbons (Fsp3) is 0.533. The van der Waals surface area contributed by atoms with E-state index < -0.39 is 34.1 Å². The molecule has 1 aliphatic rings. The van der Waals surface area contributed by atoms with Gasteiger partial charge in [0.15, 0.2) is 0 Å². The van der Waals surface area contributed by atoms with E-state index in [-0.39, 0.29) is 29.8 Å². The molecular formula is C15H19F3N2O4S. The van der Waals surface area contributed by atoms with Gasteiger partial charge in [-0.15, -0.1) is 0 Å². The van der Waals surface area contributed by atoms with Crippen LogP contribution in [0.2, 0.25) is 0 Å². The van der Waals surface area contributed by atoms with Crippen LogP contribution in [-0.2, 0) is 10.0 Å². The van der Waals surface area contributed by atoms with Crippen molar-refractivity contribution in [3.05, 3.63) is 23.8 Å². The first-order valence-electron chi connectivity index (χ1n) is 7.64. The second kappa shape index (κ2) is 7.11. The molecule has 0 heterocycles. The molecule has 1 aromatic rings. The Bertz CT molecular complexity index is 750. The van der Waals surface area contributed by atoms with Crippen molar-refractivity contribution in [1.82, 2.24) is 5.32 Å². The number of anilines is 1. The first-order chi connectivity index (χ1) is 11.5. The maximum absolute atomic E-state index is 12.8. The smallest absolute Gasteiger partial charge is 0.391 e. The first-order valence-corrected chi connectivity index (χ1v) is 9.53. The molecule has 2 atom stereocenters. The van der Waals surface area contributed by atoms with E-state index in [1.165, 1.54) is 6.07 Å². The minimum atomic E-state index is -4.30. The van der Waals surface area contributed by atoms with Gasteiger partial charge in [0.2, 0.25) is 10.0 Å². The van der Waals surface area contributed by atoms with E-state index in [1.807, 2.05) is 0 Å². The van der Waals surface area contributed by atoms with Gasteiger partial charge in [0, 0.05) is 11.7 Å². The topological polar surface area (TPSA) is 95.5 Å². The molecule has 25 heavy (non-hydrogen) atoms. The van der Waals surface area contributed by atoms with Crippen LogP contribution in [0.5, 0.6) is 5.75 Å². The average Bonchev–Trinajstić information content (AvgIpc) is 2.47. The highest BCUT2D eigenvalue weighted by Crippen LogP contribution is 2.37. The number of halogens is 3. The van der Waals surface area contributed by atoms with Crippen molar-refractivity contribution >= 4 is 21.6 Å². The number of amides is 1. The summed E-state index contributed by atoms with van der Waals surface area (Å²) in [5, 5.41) is 12.3. The summed E-state index contributed by atoms with van der Waals surface area (Å²) in [5.41, 5.74) is -0.134. The number of carbonyl (C=O) groups excluding carboxylic acids is 1. The third kappa shape index (κ3) is 5.52. The number of carbonyl (C=O) groups is 1. The minimum absolute atomic E-state index is 0.0366. The van der Waals surface area contributed by atoms with Crippen molar-refractivity contribution in [1.29, 1.82) is 0 Å². The quantitative estimate of drug-likeness (QED) is 0.700. The average molecular weight is 380 g/mol. The lowest BCUT2D eigenvalue weighted by Gasteiger charge is -2.31. The third-order valence-electron chi connectivity index (χ3n) is 4.02. The van der Waals surface area contributed by atoms with Gasteiger partial charge in [0.25, 0.3) is 5.91 Å². The summed E-state index contributed by atoms with van der Waals surface area (Å²) in [6.45, 7) is 0. The van der Waals surface area contributed by atoms with Gasteiger partial charge < -0.3 is 10.4 Å². The van der Waals surface area contributed by atoms with Crippen LogP contribution >= 0.6 is 0 Å². The lowest BCUT2D eigenvalue weighted by molar-refractivity contribution is -0.183. The number of phenols is 1. The number of hydrogen-bond acceptors (Lipinski definition) is 4. The summed E-state index contributed by atoms with van der Waals surface area (Å²) in [7, 11) is -3.57. The second-order valence-corrected chi connectivity index (χ2v) is 7.93. The van der Waals surface area contributed by atoms with Crippen molar-refractivity contribution < 1.29 is 31.5 Å². The van der Waals surface area contributed by atoms with E-state index in [0.29, 0.717) is 12.8 Å². The molecule has 2 rings (SSSR count). The molecule has 1 saturated carbocycles. The summed E-state index contributed by atoms with van der Waals surface area (Å²) < 4.78 is 63.1. The predicted octanol–water partition coefficient (Wildman–Crippen LogP) is 2.61. The summed E-state index contributed by atoms with van der Waals surface area (Å²) >= 11 is 0. The van der Waals surface area contributed by atoms with Gasteiger partial charge in [-0.2, -0.15) is 13.2 Å². The molecule has 0 aromatic heterocycles. The summed E-state index contributed by atoms with van der Waals surface area (Å²) in [6, 6.07) is 2.89. The van der Waals surface area contributed by atoms with Crippen molar-refractivity contribution in [2.45, 2.75) is 37.9 Å². The van der Waals surface area contributed by atoms with Crippen molar-refractivity contribution in [3.63, 3.8) is 0 Å². The second-order valence-electron chi connectivity index (χ2n) is 6.18. The van der Waals surface area contributed by atoms with Crippen molar-refractivity contribution in [2.75, 3.05) is 11.0 Å². The molecule has 1 fully saturated rings. The number of nitrogens with one attached hydrogen (secondary N) is 2. The maximum Gasteiger partial charge on any atom is 0.391 e. The SMILES string of the molecule is CS(=O)(=O)Nc1ccc(O)c(C(=O)N[C@H]2CCC[C@@H](C(F)(F)F)C2)c1. The highest BCUT2D eigenvalue weighted by Gasteiger charge is 2.42. The maximum atomic E-state index is 12.8. The van der Waals surface area contributed by atoms with E-state index in [2.05, 4.69) is 10.0 Å². The van der Waals surface area contributed by atoms with Crippen LogP contribution in [0.25, 0.3) is 0 Å². The highest BCUT2D eigenvalue weighted by atomic mass is 32.2. The van der Waals surface area contributed by atoms with Gasteiger partial charge in [-0.05, 0) is 37.5 Å². The number of aromatic hydroxyl groups is 1. The van der Waals surface area contributed by atoms with Gasteiger partial charge in [-0.1, -0.05) is 6.42 Å². The number of hydrogen-bond donors (Lipinski definition) is 3. The molecule has 1 aromatic carbocycles. The summed E-state index contributed by atoms with van der Waals surface area (Å²) in [4.78, 5) is 12.3. The number of sulfonamides is 1. The Morgan fingerprint density at radius 3 is 2.56 bits per heavy atom. The summed E-state index contributed by atoms with van der Waals surface area (Å²) in [5.74, 6) is -2.60. The van der Waals surface area contributed by atoms with Crippen LogP contribution in [0.15, 0.2) is 18.2 Å². The van der Waals surface area contributed by atoms with Crippen LogP contribution in [0.4, 0.5) is 18.9 Å². The van der Waals surface area contributed by atoms with E-state index in [1.54, 1.807) is 0 Å². The molecule has 0 bridgehead atoms. The monoisotopic (exact) mass is 380 g/mol. The molecule has 0 spiro atoms. The molecule has 10 heteroatoms. The Morgan fingerprint density at radius 1 is 1.28 bits per heavy atom. The zero-order valence-corrected chi connectivity index (χ0v) is 14.2. The van der Waals surface area contributed by atoms with Gasteiger partial charge in [-0.25, -0.2) is 8.42 Å². The Labute approximate surface area is 143 Å². The van der Waals surface area contributed by atoms with Crippen LogP contribution in [0.1, 0.15) is 36.0 Å². The van der Waals surface area contributed by atoms with Crippen molar-refractivity contribution in [2.24, 2.45) is 5.92 Å². The Hall–Kier alpha value is -1.97. The zero-order chi connectivity index (χ0) is 18.8. The van der Waals surface area contributed by atoms with Crippen molar-refractivity contribution in [3.8, 4) is 5.75 Å². The first kappa shape index (κ1) is 19.4. The molecule has 0 aliphatic heterocycles. The molecule has 140 valence electrons. The lowest BCUT2D eigenvalue weighted by atomic mass is 9.85. The fourth-order valence-corrected chi connectivity index (χ4v) is 3.43. The van der Waals surface area contributed by atoms with Gasteiger partial charge >= 0.3 is 6.18 Å². The van der Waals surface area contributed by atoms with E-state index in [4.69, 9.17) is 0 Å².